The first-order chi connectivity index (χ1) is 11.3. The number of nitrogens with one attached hydrogen (secondary N) is 1. The Labute approximate surface area is 142 Å². The summed E-state index contributed by atoms with van der Waals surface area (Å²) < 4.78 is 0. The molecular formula is C20H25N3O. The second kappa shape index (κ2) is 5.62. The van der Waals surface area contributed by atoms with Crippen molar-refractivity contribution in [3.63, 3.8) is 0 Å². The molecule has 3 aromatic rings. The smallest absolute Gasteiger partial charge is 0.119 e. The van der Waals surface area contributed by atoms with Gasteiger partial charge in [0.2, 0.25) is 0 Å². The molecule has 126 valence electrons. The Hall–Kier alpha value is -2.36. The average molecular weight is 323 g/mol. The van der Waals surface area contributed by atoms with Gasteiger partial charge in [0.05, 0.1) is 5.52 Å². The zero-order chi connectivity index (χ0) is 17.5. The quantitative estimate of drug-likeness (QED) is 0.727. The number of phenols is 1. The monoisotopic (exact) mass is 323 g/mol. The molecule has 1 aromatic heterocycles. The number of hydrogen-bond donors (Lipinski definition) is 2. The van der Waals surface area contributed by atoms with Crippen molar-refractivity contribution >= 4 is 11.0 Å². The number of nitrogens with zero attached hydrogens (tertiary/aromatic N) is 2. The molecule has 0 aliphatic rings. The summed E-state index contributed by atoms with van der Waals surface area (Å²) >= 11 is 0. The highest BCUT2D eigenvalue weighted by Gasteiger charge is 2.44. The highest BCUT2D eigenvalue weighted by Crippen LogP contribution is 2.52. The van der Waals surface area contributed by atoms with Crippen LogP contribution >= 0.6 is 0 Å². The van der Waals surface area contributed by atoms with E-state index in [4.69, 9.17) is 0 Å². The summed E-state index contributed by atoms with van der Waals surface area (Å²) in [5.41, 5.74) is 3.66. The summed E-state index contributed by atoms with van der Waals surface area (Å²) in [5, 5.41) is 21.5. The highest BCUT2D eigenvalue weighted by molar-refractivity contribution is 5.78. The summed E-state index contributed by atoms with van der Waals surface area (Å²) in [5.74, 6) is 0.573. The van der Waals surface area contributed by atoms with Crippen LogP contribution in [0.4, 0.5) is 0 Å². The molecule has 0 saturated carbocycles. The number of phenolic OH excluding ortho intramolecular Hbond substituents is 1. The third-order valence-corrected chi connectivity index (χ3v) is 6.12. The van der Waals surface area contributed by atoms with Crippen molar-refractivity contribution in [2.45, 2.75) is 46.0 Å². The van der Waals surface area contributed by atoms with Crippen LogP contribution in [0.5, 0.6) is 5.75 Å². The van der Waals surface area contributed by atoms with E-state index in [-0.39, 0.29) is 16.7 Å². The van der Waals surface area contributed by atoms with Crippen LogP contribution in [0.25, 0.3) is 11.0 Å². The van der Waals surface area contributed by atoms with Crippen LogP contribution in [-0.4, -0.2) is 20.5 Å². The topological polar surface area (TPSA) is 61.8 Å². The molecule has 1 heterocycles. The Morgan fingerprint density at radius 1 is 1.00 bits per heavy atom. The molecule has 24 heavy (non-hydrogen) atoms. The third kappa shape index (κ3) is 2.37. The molecule has 2 N–H and O–H groups in total. The highest BCUT2D eigenvalue weighted by atomic mass is 16.3. The van der Waals surface area contributed by atoms with Gasteiger partial charge in [0.25, 0.3) is 0 Å². The van der Waals surface area contributed by atoms with Gasteiger partial charge in [-0.3, -0.25) is 5.10 Å². The fourth-order valence-corrected chi connectivity index (χ4v) is 3.52. The lowest BCUT2D eigenvalue weighted by Crippen LogP contribution is -2.40. The van der Waals surface area contributed by atoms with Gasteiger partial charge >= 0.3 is 0 Å². The lowest BCUT2D eigenvalue weighted by atomic mass is 9.57. The van der Waals surface area contributed by atoms with Crippen LogP contribution in [0.15, 0.2) is 42.5 Å². The molecular weight excluding hydrogens is 298 g/mol. The van der Waals surface area contributed by atoms with Crippen molar-refractivity contribution in [3.05, 3.63) is 53.6 Å². The number of para-hydroxylation sites is 1. The second-order valence-corrected chi connectivity index (χ2v) is 7.64. The lowest BCUT2D eigenvalue weighted by Gasteiger charge is -2.46. The first-order valence-corrected chi connectivity index (χ1v) is 8.35. The summed E-state index contributed by atoms with van der Waals surface area (Å²) in [4.78, 5) is 0. The van der Waals surface area contributed by atoms with E-state index >= 15 is 0 Å². The van der Waals surface area contributed by atoms with E-state index in [9.17, 15) is 5.11 Å². The molecule has 0 spiro atoms. The number of rotatable bonds is 4. The maximum Gasteiger partial charge on any atom is 0.119 e. The maximum atomic E-state index is 10.4. The number of hydrogen-bond acceptors (Lipinski definition) is 3. The van der Waals surface area contributed by atoms with E-state index in [1.165, 1.54) is 5.56 Å². The minimum absolute atomic E-state index is 0.126. The Kier molecular flexibility index (Phi) is 3.86. The van der Waals surface area contributed by atoms with E-state index in [0.717, 1.165) is 16.6 Å². The third-order valence-electron chi connectivity index (χ3n) is 6.12. The van der Waals surface area contributed by atoms with Gasteiger partial charge in [-0.15, -0.1) is 5.10 Å². The second-order valence-electron chi connectivity index (χ2n) is 7.64. The average Bonchev–Trinajstić information content (AvgIpc) is 3.02. The predicted octanol–water partition coefficient (Wildman–Crippen LogP) is 4.77. The van der Waals surface area contributed by atoms with Gasteiger partial charge < -0.3 is 5.11 Å². The Balaban J connectivity index is 2.09. The number of H-pyrrole nitrogens is 1. The van der Waals surface area contributed by atoms with Crippen molar-refractivity contribution in [2.24, 2.45) is 5.41 Å². The van der Waals surface area contributed by atoms with Gasteiger partial charge in [-0.2, -0.15) is 0 Å². The van der Waals surface area contributed by atoms with Crippen LogP contribution in [0, 0.1) is 5.41 Å². The van der Waals surface area contributed by atoms with Gasteiger partial charge in [0.1, 0.15) is 11.3 Å². The maximum absolute atomic E-state index is 10.4. The lowest BCUT2D eigenvalue weighted by molar-refractivity contribution is 0.156. The van der Waals surface area contributed by atoms with E-state index in [1.54, 1.807) is 6.07 Å². The largest absolute Gasteiger partial charge is 0.508 e. The van der Waals surface area contributed by atoms with Gasteiger partial charge in [0.15, 0.2) is 0 Å². The normalized spacial score (nSPS) is 14.0. The zero-order valence-corrected chi connectivity index (χ0v) is 15.0. The van der Waals surface area contributed by atoms with Crippen LogP contribution in [0.3, 0.4) is 0 Å². The molecule has 1 atom stereocenters. The van der Waals surface area contributed by atoms with Crippen molar-refractivity contribution in [1.82, 2.24) is 15.4 Å². The van der Waals surface area contributed by atoms with Crippen molar-refractivity contribution in [2.75, 3.05) is 0 Å². The Morgan fingerprint density at radius 2 is 1.71 bits per heavy atom. The van der Waals surface area contributed by atoms with E-state index in [0.29, 0.717) is 5.75 Å². The molecule has 0 aliphatic heterocycles. The summed E-state index contributed by atoms with van der Waals surface area (Å²) in [6.07, 6.45) is 0. The van der Waals surface area contributed by atoms with Gasteiger partial charge in [-0.05, 0) is 34.4 Å². The Bertz CT molecular complexity index is 864. The fourth-order valence-electron chi connectivity index (χ4n) is 3.52. The molecule has 0 saturated heterocycles. The van der Waals surface area contributed by atoms with E-state index < -0.39 is 0 Å². The molecule has 0 bridgehead atoms. The molecule has 1 unspecified atom stereocenters. The van der Waals surface area contributed by atoms with Crippen LogP contribution in [-0.2, 0) is 5.41 Å². The van der Waals surface area contributed by atoms with Crippen molar-refractivity contribution in [1.29, 1.82) is 0 Å². The van der Waals surface area contributed by atoms with Gasteiger partial charge in [-0.1, -0.05) is 70.2 Å². The minimum Gasteiger partial charge on any atom is -0.508 e. The van der Waals surface area contributed by atoms with Gasteiger partial charge in [-0.25, -0.2) is 0 Å². The summed E-state index contributed by atoms with van der Waals surface area (Å²) in [6, 6.07) is 13.8. The molecule has 0 fully saturated rings. The first kappa shape index (κ1) is 16.5. The SMILES string of the molecule is CC(c1cccc2[nH]nnc12)C(C)(C)C(C)(C)c1ccccc1O. The Morgan fingerprint density at radius 3 is 2.42 bits per heavy atom. The zero-order valence-electron chi connectivity index (χ0n) is 15.0. The number of aromatic hydroxyl groups is 1. The summed E-state index contributed by atoms with van der Waals surface area (Å²) in [6.45, 7) is 11.1. The summed E-state index contributed by atoms with van der Waals surface area (Å²) in [7, 11) is 0. The van der Waals surface area contributed by atoms with E-state index in [1.807, 2.05) is 30.3 Å². The standard InChI is InChI=1S/C20H25N3O/c1-13(14-9-8-11-16-18(14)22-23-21-16)19(2,3)20(4,5)15-10-6-7-12-17(15)24/h6-13,24H,1-5H3,(H,21,22,23). The molecule has 4 nitrogen and oxygen atoms in total. The first-order valence-electron chi connectivity index (χ1n) is 8.35. The minimum atomic E-state index is -0.232. The molecule has 0 amide bonds. The van der Waals surface area contributed by atoms with Crippen LogP contribution in [0.2, 0.25) is 0 Å². The number of aromatic nitrogens is 3. The van der Waals surface area contributed by atoms with Gasteiger partial charge in [0, 0.05) is 5.56 Å². The van der Waals surface area contributed by atoms with E-state index in [2.05, 4.69) is 56.1 Å². The fraction of sp³-hybridized carbons (Fsp3) is 0.400. The molecule has 4 heteroatoms. The number of benzene rings is 2. The number of aromatic amines is 1. The predicted molar refractivity (Wildman–Crippen MR) is 97.2 cm³/mol. The molecule has 0 aliphatic carbocycles. The number of fused-ring (bicyclic) bond motifs is 1. The molecule has 0 radical (unpaired) electrons. The van der Waals surface area contributed by atoms with Crippen molar-refractivity contribution in [3.8, 4) is 5.75 Å². The van der Waals surface area contributed by atoms with Crippen molar-refractivity contribution < 1.29 is 5.11 Å². The molecule has 3 rings (SSSR count). The molecule has 2 aromatic carbocycles. The van der Waals surface area contributed by atoms with Crippen LogP contribution < -0.4 is 0 Å². The van der Waals surface area contributed by atoms with Crippen LogP contribution in [0.1, 0.15) is 51.7 Å².